The number of hydrogen-bond donors (Lipinski definition) is 7. The van der Waals surface area contributed by atoms with Gasteiger partial charge in [-0.1, -0.05) is 36.4 Å². The highest BCUT2D eigenvalue weighted by molar-refractivity contribution is 7.64. The molecule has 1 aliphatic heterocycles. The van der Waals surface area contributed by atoms with E-state index >= 15 is 0 Å². The SMILES string of the molecule is NC(CCCP(=O)(O)OP(=O)(O)OC[C@H]1O[C@@H](n2ccc(NC(=O)Nc3ccccc3)nc2=O)[C@H](OC(=O)Oc2ccccc2)[C@@H]1O)C(=O)O. The quantitative estimate of drug-likeness (QED) is 0.0667. The Morgan fingerprint density at radius 2 is 1.68 bits per heavy atom. The van der Waals surface area contributed by atoms with E-state index in [9.17, 15) is 43.2 Å². The molecule has 2 aromatic carbocycles. The summed E-state index contributed by atoms with van der Waals surface area (Å²) in [5.74, 6) is -1.46. The van der Waals surface area contributed by atoms with Gasteiger partial charge in [0.05, 0.1) is 12.8 Å². The number of phosphoric ester groups is 1. The number of carboxylic acids is 1. The van der Waals surface area contributed by atoms with Crippen molar-refractivity contribution in [1.82, 2.24) is 9.55 Å². The molecule has 1 saturated heterocycles. The van der Waals surface area contributed by atoms with Crippen molar-refractivity contribution in [3.8, 4) is 5.75 Å². The number of carboxylic acid groups (broad SMARTS) is 1. The van der Waals surface area contributed by atoms with Crippen LogP contribution in [0.1, 0.15) is 19.1 Å². The number of anilines is 2. The zero-order chi connectivity index (χ0) is 36.5. The number of para-hydroxylation sites is 2. The van der Waals surface area contributed by atoms with Gasteiger partial charge in [0.25, 0.3) is 0 Å². The third kappa shape index (κ3) is 11.3. The number of amides is 2. The predicted molar refractivity (Wildman–Crippen MR) is 171 cm³/mol. The van der Waals surface area contributed by atoms with Gasteiger partial charge in [0.15, 0.2) is 12.3 Å². The van der Waals surface area contributed by atoms with Gasteiger partial charge in [-0.25, -0.2) is 23.3 Å². The van der Waals surface area contributed by atoms with Crippen LogP contribution in [0.3, 0.4) is 0 Å². The molecule has 2 heterocycles. The molecule has 3 unspecified atom stereocenters. The number of urea groups is 1. The van der Waals surface area contributed by atoms with Crippen molar-refractivity contribution in [3.05, 3.63) is 83.4 Å². The summed E-state index contributed by atoms with van der Waals surface area (Å²) in [6.45, 7) is -0.996. The first kappa shape index (κ1) is 38.3. The number of phosphoric acid groups is 1. The van der Waals surface area contributed by atoms with Crippen LogP contribution in [-0.4, -0.2) is 84.8 Å². The average Bonchev–Trinajstić information content (AvgIpc) is 3.34. The summed E-state index contributed by atoms with van der Waals surface area (Å²) in [5.41, 5.74) is 4.75. The molecule has 0 spiro atoms. The van der Waals surface area contributed by atoms with Gasteiger partial charge in [-0.05, 0) is 43.2 Å². The second-order valence-electron chi connectivity index (χ2n) is 10.5. The number of carbonyl (C=O) groups excluding carboxylic acids is 2. The van der Waals surface area contributed by atoms with Crippen LogP contribution >= 0.6 is 15.4 Å². The zero-order valence-electron chi connectivity index (χ0n) is 25.8. The fourth-order valence-electron chi connectivity index (χ4n) is 4.43. The molecule has 1 aliphatic rings. The number of benzene rings is 2. The first-order valence-electron chi connectivity index (χ1n) is 14.6. The summed E-state index contributed by atoms with van der Waals surface area (Å²) in [5, 5.41) is 24.8. The van der Waals surface area contributed by atoms with Crippen molar-refractivity contribution in [2.45, 2.75) is 43.4 Å². The molecule has 1 fully saturated rings. The largest absolute Gasteiger partial charge is 0.514 e. The first-order chi connectivity index (χ1) is 23.6. The molecule has 0 aliphatic carbocycles. The summed E-state index contributed by atoms with van der Waals surface area (Å²) in [6, 6.07) is 15.2. The summed E-state index contributed by atoms with van der Waals surface area (Å²) in [7, 11) is -10.1. The number of ether oxygens (including phenoxy) is 3. The van der Waals surface area contributed by atoms with Crippen LogP contribution in [0, 0.1) is 0 Å². The molecule has 50 heavy (non-hydrogen) atoms. The van der Waals surface area contributed by atoms with E-state index in [1.165, 1.54) is 18.2 Å². The summed E-state index contributed by atoms with van der Waals surface area (Å²) < 4.78 is 50.9. The van der Waals surface area contributed by atoms with Gasteiger partial charge in [0.1, 0.15) is 29.8 Å². The Labute approximate surface area is 282 Å². The van der Waals surface area contributed by atoms with Crippen molar-refractivity contribution in [3.63, 3.8) is 0 Å². The highest BCUT2D eigenvalue weighted by Gasteiger charge is 2.49. The number of aliphatic carboxylic acids is 1. The van der Waals surface area contributed by atoms with Gasteiger partial charge < -0.3 is 45.3 Å². The molecule has 4 rings (SSSR count). The Morgan fingerprint density at radius 1 is 1.02 bits per heavy atom. The fourth-order valence-corrected chi connectivity index (χ4v) is 7.15. The van der Waals surface area contributed by atoms with E-state index in [2.05, 4.69) is 19.9 Å². The number of aliphatic hydroxyl groups is 1. The van der Waals surface area contributed by atoms with Crippen molar-refractivity contribution >= 4 is 45.1 Å². The molecule has 270 valence electrons. The van der Waals surface area contributed by atoms with E-state index in [1.54, 1.807) is 48.5 Å². The molecule has 0 bridgehead atoms. The smallest absolute Gasteiger partial charge is 0.480 e. The lowest BCUT2D eigenvalue weighted by atomic mass is 10.1. The normalized spacial score (nSPS) is 21.6. The minimum atomic E-state index is -5.33. The van der Waals surface area contributed by atoms with Gasteiger partial charge in [0.2, 0.25) is 0 Å². The lowest BCUT2D eigenvalue weighted by Gasteiger charge is -2.21. The molecule has 1 aromatic heterocycles. The topological polar surface area (TPSA) is 297 Å². The van der Waals surface area contributed by atoms with Crippen LogP contribution in [0.25, 0.3) is 0 Å². The third-order valence-electron chi connectivity index (χ3n) is 6.77. The fraction of sp³-hybridized carbons (Fsp3) is 0.321. The minimum absolute atomic E-state index is 0.0714. The van der Waals surface area contributed by atoms with Gasteiger partial charge >= 0.3 is 39.3 Å². The highest BCUT2D eigenvalue weighted by Crippen LogP contribution is 2.60. The van der Waals surface area contributed by atoms with Crippen LogP contribution in [0.5, 0.6) is 5.75 Å². The van der Waals surface area contributed by atoms with Crippen molar-refractivity contribution in [2.24, 2.45) is 5.73 Å². The van der Waals surface area contributed by atoms with Gasteiger partial charge in [-0.15, -0.1) is 0 Å². The molecule has 0 saturated carbocycles. The zero-order valence-corrected chi connectivity index (χ0v) is 27.6. The second kappa shape index (κ2) is 16.9. The Balaban J connectivity index is 1.46. The van der Waals surface area contributed by atoms with E-state index in [0.717, 1.165) is 10.8 Å². The number of rotatable bonds is 15. The van der Waals surface area contributed by atoms with Crippen LogP contribution in [0.2, 0.25) is 0 Å². The third-order valence-corrected chi connectivity index (χ3v) is 9.98. The molecular weight excluding hydrogens is 708 g/mol. The molecule has 0 radical (unpaired) electrons. The molecule has 3 aromatic rings. The number of carbonyl (C=O) groups is 3. The molecular formula is C28H33N5O15P2. The number of aromatic nitrogens is 2. The van der Waals surface area contributed by atoms with Gasteiger partial charge in [-0.2, -0.15) is 4.98 Å². The van der Waals surface area contributed by atoms with E-state index in [0.29, 0.717) is 5.69 Å². The maximum Gasteiger partial charge on any atom is 0.514 e. The van der Waals surface area contributed by atoms with E-state index in [4.69, 9.17) is 29.6 Å². The average molecular weight is 742 g/mol. The van der Waals surface area contributed by atoms with Crippen LogP contribution in [0.15, 0.2) is 77.7 Å². The Morgan fingerprint density at radius 3 is 2.32 bits per heavy atom. The molecule has 8 N–H and O–H groups in total. The number of nitrogens with two attached hydrogens (primary N) is 1. The molecule has 2 amide bonds. The number of hydrogen-bond acceptors (Lipinski definition) is 14. The first-order valence-corrected chi connectivity index (χ1v) is 17.9. The summed E-state index contributed by atoms with van der Waals surface area (Å²) >= 11 is 0. The lowest BCUT2D eigenvalue weighted by molar-refractivity contribution is -0.138. The Hall–Kier alpha value is -4.49. The molecule has 22 heteroatoms. The van der Waals surface area contributed by atoms with Gasteiger partial charge in [0, 0.05) is 11.9 Å². The van der Waals surface area contributed by atoms with Crippen LogP contribution < -0.4 is 26.8 Å². The predicted octanol–water partition coefficient (Wildman–Crippen LogP) is 2.24. The van der Waals surface area contributed by atoms with Crippen molar-refractivity contribution in [1.29, 1.82) is 0 Å². The minimum Gasteiger partial charge on any atom is -0.480 e. The Kier molecular flexibility index (Phi) is 13.0. The maximum absolute atomic E-state index is 13.1. The molecule has 20 nitrogen and oxygen atoms in total. The monoisotopic (exact) mass is 741 g/mol. The van der Waals surface area contributed by atoms with Gasteiger partial charge in [-0.3, -0.25) is 23.8 Å². The van der Waals surface area contributed by atoms with E-state index < -0.39 is 82.6 Å². The number of nitrogens with one attached hydrogen (secondary N) is 2. The second-order valence-corrected chi connectivity index (χ2v) is 14.1. The van der Waals surface area contributed by atoms with E-state index in [-0.39, 0.29) is 24.4 Å². The van der Waals surface area contributed by atoms with Crippen LogP contribution in [-0.2, 0) is 32.2 Å². The van der Waals surface area contributed by atoms with Crippen molar-refractivity contribution < 1.29 is 66.6 Å². The molecule has 7 atom stereocenters. The highest BCUT2D eigenvalue weighted by atomic mass is 31.3. The number of nitrogens with zero attached hydrogens (tertiary/aromatic N) is 2. The maximum atomic E-state index is 13.1. The Bertz CT molecular complexity index is 1800. The number of aliphatic hydroxyl groups excluding tert-OH is 1. The summed E-state index contributed by atoms with van der Waals surface area (Å²) in [4.78, 5) is 72.7. The van der Waals surface area contributed by atoms with E-state index in [1.807, 2.05) is 0 Å². The lowest BCUT2D eigenvalue weighted by Crippen LogP contribution is -2.40. The summed E-state index contributed by atoms with van der Waals surface area (Å²) in [6.07, 6.45) is -8.28. The van der Waals surface area contributed by atoms with Crippen LogP contribution in [0.4, 0.5) is 21.1 Å². The standard InChI is InChI=1S/C28H33N5O15P2/c29-19(25(35)36)12-7-15-49(40,41)48-50(42,43)44-16-20-22(34)23(47-28(39)45-18-10-5-2-6-11-18)24(46-20)33-14-13-21(32-27(33)38)31-26(37)30-17-8-3-1-4-9-17/h1-6,8-11,13-14,19-20,22-24,34H,7,12,15-16,29H2,(H,35,36)(H,40,41)(H,42,43)(H2,30,31,32,37,38)/t19?,20-,22-,23-,24-/m1/s1. The van der Waals surface area contributed by atoms with Crippen molar-refractivity contribution in [2.75, 3.05) is 23.4 Å².